The fraction of sp³-hybridized carbons (Fsp3) is 0.0435. The van der Waals surface area contributed by atoms with Gasteiger partial charge in [0.2, 0.25) is 0 Å². The van der Waals surface area contributed by atoms with E-state index in [-0.39, 0.29) is 5.75 Å². The van der Waals surface area contributed by atoms with E-state index < -0.39 is 17.8 Å². The molecule has 0 aliphatic carbocycles. The molecule has 2 N–H and O–H groups in total. The van der Waals surface area contributed by atoms with E-state index in [1.807, 2.05) is 0 Å². The van der Waals surface area contributed by atoms with E-state index >= 15 is 0 Å². The van der Waals surface area contributed by atoms with Crippen LogP contribution in [0.4, 0.5) is 5.69 Å². The second-order valence-electron chi connectivity index (χ2n) is 6.64. The topological polar surface area (TPSA) is 96.9 Å². The highest BCUT2D eigenvalue weighted by Crippen LogP contribution is 2.24. The van der Waals surface area contributed by atoms with Gasteiger partial charge in [0.1, 0.15) is 5.75 Å². The van der Waals surface area contributed by atoms with Crippen LogP contribution in [-0.2, 0) is 9.59 Å². The van der Waals surface area contributed by atoms with Gasteiger partial charge in [-0.25, -0.2) is 10.2 Å². The highest BCUT2D eigenvalue weighted by molar-refractivity contribution is 9.10. The highest BCUT2D eigenvalue weighted by atomic mass is 79.9. The molecular formula is C23H16BrCl2N3O4. The minimum Gasteiger partial charge on any atom is -0.422 e. The smallest absolute Gasteiger partial charge is 0.343 e. The third kappa shape index (κ3) is 6.64. The molecule has 3 rings (SSSR count). The van der Waals surface area contributed by atoms with Crippen molar-refractivity contribution in [3.63, 3.8) is 0 Å². The quantitative estimate of drug-likeness (QED) is 0.147. The van der Waals surface area contributed by atoms with Crippen molar-refractivity contribution in [1.82, 2.24) is 5.43 Å². The van der Waals surface area contributed by atoms with Gasteiger partial charge in [0.25, 0.3) is 0 Å². The molecule has 3 aromatic carbocycles. The number of nitrogens with one attached hydrogen (secondary N) is 2. The second kappa shape index (κ2) is 11.1. The maximum absolute atomic E-state index is 12.4. The molecular weight excluding hydrogens is 533 g/mol. The van der Waals surface area contributed by atoms with Crippen LogP contribution < -0.4 is 15.5 Å². The Bertz CT molecular complexity index is 1250. The average molecular weight is 549 g/mol. The van der Waals surface area contributed by atoms with E-state index in [0.717, 1.165) is 0 Å². The molecule has 0 unspecified atom stereocenters. The summed E-state index contributed by atoms with van der Waals surface area (Å²) in [4.78, 5) is 36.6. The van der Waals surface area contributed by atoms with Crippen molar-refractivity contribution in [2.75, 3.05) is 5.32 Å². The standard InChI is InChI=1S/C23H16BrCl2N3O4/c1-13-18(26)3-2-4-19(13)28-21(30)22(31)29-27-12-15-11-16(24)7-10-20(15)33-23(32)14-5-8-17(25)9-6-14/h2-12H,1H3,(H,28,30)(H,29,31)/b27-12-. The third-order valence-corrected chi connectivity index (χ3v) is 5.50. The van der Waals surface area contributed by atoms with E-state index in [4.69, 9.17) is 27.9 Å². The lowest BCUT2D eigenvalue weighted by Gasteiger charge is -2.09. The Morgan fingerprint density at radius 2 is 1.73 bits per heavy atom. The minimum atomic E-state index is -0.986. The molecule has 0 atom stereocenters. The van der Waals surface area contributed by atoms with Crippen molar-refractivity contribution in [2.24, 2.45) is 5.10 Å². The van der Waals surface area contributed by atoms with Crippen molar-refractivity contribution < 1.29 is 19.1 Å². The van der Waals surface area contributed by atoms with Gasteiger partial charge in [-0.2, -0.15) is 5.10 Å². The van der Waals surface area contributed by atoms with Gasteiger partial charge < -0.3 is 10.1 Å². The number of amides is 2. The number of hydrogen-bond acceptors (Lipinski definition) is 5. The molecule has 2 amide bonds. The maximum Gasteiger partial charge on any atom is 0.343 e. The number of ether oxygens (including phenoxy) is 1. The first-order valence-corrected chi connectivity index (χ1v) is 11.0. The van der Waals surface area contributed by atoms with Crippen LogP contribution in [0.3, 0.4) is 0 Å². The summed E-state index contributed by atoms with van der Waals surface area (Å²) in [6.45, 7) is 1.72. The molecule has 0 heterocycles. The van der Waals surface area contributed by atoms with Crippen LogP contribution in [0.15, 0.2) is 70.2 Å². The van der Waals surface area contributed by atoms with Gasteiger partial charge in [-0.15, -0.1) is 0 Å². The average Bonchev–Trinajstić information content (AvgIpc) is 2.78. The summed E-state index contributed by atoms with van der Waals surface area (Å²) in [6.07, 6.45) is 1.26. The van der Waals surface area contributed by atoms with Crippen LogP contribution in [-0.4, -0.2) is 24.0 Å². The summed E-state index contributed by atoms with van der Waals surface area (Å²) in [5, 5.41) is 7.22. The fourth-order valence-corrected chi connectivity index (χ4v) is 3.27. The zero-order chi connectivity index (χ0) is 24.0. The van der Waals surface area contributed by atoms with Crippen LogP contribution in [0.1, 0.15) is 21.5 Å². The number of halogens is 3. The Kier molecular flexibility index (Phi) is 8.21. The predicted octanol–water partition coefficient (Wildman–Crippen LogP) is 5.37. The summed E-state index contributed by atoms with van der Waals surface area (Å²) in [6, 6.07) is 16.1. The highest BCUT2D eigenvalue weighted by Gasteiger charge is 2.15. The van der Waals surface area contributed by atoms with Crippen LogP contribution in [0, 0.1) is 6.92 Å². The lowest BCUT2D eigenvalue weighted by Crippen LogP contribution is -2.32. The fourth-order valence-electron chi connectivity index (χ4n) is 2.59. The number of benzene rings is 3. The summed E-state index contributed by atoms with van der Waals surface area (Å²) in [5.41, 5.74) is 3.88. The van der Waals surface area contributed by atoms with Crippen LogP contribution in [0.5, 0.6) is 5.75 Å². The number of carbonyl (C=O) groups excluding carboxylic acids is 3. The van der Waals surface area contributed by atoms with Gasteiger partial charge in [0, 0.05) is 25.8 Å². The number of nitrogens with zero attached hydrogens (tertiary/aromatic N) is 1. The van der Waals surface area contributed by atoms with Gasteiger partial charge in [0.05, 0.1) is 11.8 Å². The number of carbonyl (C=O) groups is 3. The Hall–Kier alpha value is -3.20. The van der Waals surface area contributed by atoms with Gasteiger partial charge in [0.15, 0.2) is 0 Å². The van der Waals surface area contributed by atoms with Crippen molar-refractivity contribution in [2.45, 2.75) is 6.92 Å². The van der Waals surface area contributed by atoms with Gasteiger partial charge >= 0.3 is 17.8 Å². The molecule has 168 valence electrons. The van der Waals surface area contributed by atoms with E-state index in [9.17, 15) is 14.4 Å². The van der Waals surface area contributed by atoms with Crippen molar-refractivity contribution in [3.8, 4) is 5.75 Å². The van der Waals surface area contributed by atoms with Crippen LogP contribution >= 0.6 is 39.1 Å². The molecule has 0 aromatic heterocycles. The first-order chi connectivity index (χ1) is 15.7. The number of hydrazone groups is 1. The molecule has 0 radical (unpaired) electrons. The van der Waals surface area contributed by atoms with Crippen molar-refractivity contribution >= 4 is 68.8 Å². The monoisotopic (exact) mass is 547 g/mol. The maximum atomic E-state index is 12.4. The molecule has 3 aromatic rings. The van der Waals surface area contributed by atoms with E-state index in [0.29, 0.717) is 36.9 Å². The normalized spacial score (nSPS) is 10.7. The Morgan fingerprint density at radius 3 is 2.45 bits per heavy atom. The predicted molar refractivity (Wildman–Crippen MR) is 131 cm³/mol. The molecule has 0 aliphatic heterocycles. The molecule has 0 saturated heterocycles. The molecule has 33 heavy (non-hydrogen) atoms. The van der Waals surface area contributed by atoms with Crippen molar-refractivity contribution in [1.29, 1.82) is 0 Å². The van der Waals surface area contributed by atoms with Gasteiger partial charge in [-0.05, 0) is 67.1 Å². The van der Waals surface area contributed by atoms with Crippen LogP contribution in [0.2, 0.25) is 10.0 Å². The van der Waals surface area contributed by atoms with E-state index in [1.54, 1.807) is 55.5 Å². The largest absolute Gasteiger partial charge is 0.422 e. The summed E-state index contributed by atoms with van der Waals surface area (Å²) in [5.74, 6) is -2.29. The first kappa shape index (κ1) is 24.4. The minimum absolute atomic E-state index is 0.204. The molecule has 0 fully saturated rings. The molecule has 0 saturated carbocycles. The van der Waals surface area contributed by atoms with Crippen LogP contribution in [0.25, 0.3) is 0 Å². The molecule has 10 heteroatoms. The van der Waals surface area contributed by atoms with Crippen molar-refractivity contribution in [3.05, 3.63) is 91.9 Å². The first-order valence-electron chi connectivity index (χ1n) is 9.41. The lowest BCUT2D eigenvalue weighted by atomic mass is 10.2. The lowest BCUT2D eigenvalue weighted by molar-refractivity contribution is -0.136. The molecule has 0 aliphatic rings. The Morgan fingerprint density at radius 1 is 1.00 bits per heavy atom. The summed E-state index contributed by atoms with van der Waals surface area (Å²) < 4.78 is 6.13. The Labute approximate surface area is 207 Å². The van der Waals surface area contributed by atoms with E-state index in [1.165, 1.54) is 18.3 Å². The third-order valence-electron chi connectivity index (χ3n) is 4.35. The van der Waals surface area contributed by atoms with Gasteiger partial charge in [-0.3, -0.25) is 9.59 Å². The van der Waals surface area contributed by atoms with E-state index in [2.05, 4.69) is 31.8 Å². The molecule has 7 nitrogen and oxygen atoms in total. The number of esters is 1. The molecule has 0 spiro atoms. The van der Waals surface area contributed by atoms with Gasteiger partial charge in [-0.1, -0.05) is 45.2 Å². The SMILES string of the molecule is Cc1c(Cl)cccc1NC(=O)C(=O)N/N=C\c1cc(Br)ccc1OC(=O)c1ccc(Cl)cc1. The number of rotatable bonds is 5. The summed E-state index contributed by atoms with van der Waals surface area (Å²) >= 11 is 15.2. The number of hydrogen-bond donors (Lipinski definition) is 2. The Balaban J connectivity index is 1.67. The second-order valence-corrected chi connectivity index (χ2v) is 8.40. The summed E-state index contributed by atoms with van der Waals surface area (Å²) in [7, 11) is 0. The molecule has 0 bridgehead atoms. The number of anilines is 1. The zero-order valence-electron chi connectivity index (χ0n) is 17.1. The zero-order valence-corrected chi connectivity index (χ0v) is 20.2.